The van der Waals surface area contributed by atoms with E-state index in [1.54, 1.807) is 0 Å². The van der Waals surface area contributed by atoms with Crippen molar-refractivity contribution < 1.29 is 14.2 Å². The van der Waals surface area contributed by atoms with E-state index in [-0.39, 0.29) is 5.41 Å². The number of rotatable bonds is 18. The Kier molecular flexibility index (Phi) is 15.1. The molecule has 1 unspecified atom stereocenters. The summed E-state index contributed by atoms with van der Waals surface area (Å²) in [5, 5.41) is 9.25. The zero-order chi connectivity index (χ0) is 19.7. The maximum atomic E-state index is 9.25. The zero-order valence-corrected chi connectivity index (χ0v) is 18.1. The Balaban J connectivity index is 5.46. The summed E-state index contributed by atoms with van der Waals surface area (Å²) >= 11 is 0. The van der Waals surface area contributed by atoms with E-state index in [4.69, 9.17) is 14.2 Å². The van der Waals surface area contributed by atoms with Crippen LogP contribution in [0.15, 0.2) is 0 Å². The van der Waals surface area contributed by atoms with Gasteiger partial charge in [0.05, 0.1) is 11.5 Å². The summed E-state index contributed by atoms with van der Waals surface area (Å²) in [5.41, 5.74) is -0.274. The Labute approximate surface area is 162 Å². The molecule has 0 spiro atoms. The van der Waals surface area contributed by atoms with Crippen LogP contribution < -0.4 is 0 Å². The standard InChI is InChI=1S/C22H43NO3/c1-6-11-12-13-14-15-18-21(17-7-2,19-16-20-23)22(24-8-3,25-9-4)26-10-5/h6-19H2,1-5H3. The molecule has 26 heavy (non-hydrogen) atoms. The lowest BCUT2D eigenvalue weighted by atomic mass is 9.72. The molecule has 0 amide bonds. The molecule has 1 atom stereocenters. The minimum absolute atomic E-state index is 0.274. The molecule has 0 aliphatic carbocycles. The van der Waals surface area contributed by atoms with Crippen molar-refractivity contribution in [2.75, 3.05) is 19.8 Å². The normalized spacial score (nSPS) is 14.2. The first-order valence-electron chi connectivity index (χ1n) is 10.9. The number of unbranched alkanes of at least 4 members (excludes halogenated alkanes) is 5. The van der Waals surface area contributed by atoms with E-state index in [1.165, 1.54) is 32.1 Å². The SMILES string of the molecule is CCCCCCCCC(CCC)(CCC#N)C(OCC)(OCC)OCC. The summed E-state index contributed by atoms with van der Waals surface area (Å²) in [6.45, 7) is 12.0. The molecule has 0 fully saturated rings. The molecule has 0 rings (SSSR count). The lowest BCUT2D eigenvalue weighted by Crippen LogP contribution is -2.55. The Morgan fingerprint density at radius 1 is 0.654 bits per heavy atom. The van der Waals surface area contributed by atoms with Gasteiger partial charge in [-0.3, -0.25) is 0 Å². The van der Waals surface area contributed by atoms with Gasteiger partial charge in [0.25, 0.3) is 5.97 Å². The van der Waals surface area contributed by atoms with Crippen molar-refractivity contribution in [1.82, 2.24) is 0 Å². The van der Waals surface area contributed by atoms with Crippen molar-refractivity contribution in [3.05, 3.63) is 0 Å². The van der Waals surface area contributed by atoms with E-state index in [1.807, 2.05) is 20.8 Å². The smallest absolute Gasteiger partial charge is 0.288 e. The molecule has 0 aromatic carbocycles. The van der Waals surface area contributed by atoms with Crippen LogP contribution >= 0.6 is 0 Å². The van der Waals surface area contributed by atoms with E-state index in [9.17, 15) is 5.26 Å². The molecular weight excluding hydrogens is 326 g/mol. The fourth-order valence-corrected chi connectivity index (χ4v) is 4.01. The van der Waals surface area contributed by atoms with Crippen LogP contribution in [0, 0.1) is 16.7 Å². The molecule has 4 nitrogen and oxygen atoms in total. The van der Waals surface area contributed by atoms with Gasteiger partial charge in [-0.2, -0.15) is 5.26 Å². The van der Waals surface area contributed by atoms with Gasteiger partial charge in [-0.15, -0.1) is 0 Å². The number of hydrogen-bond acceptors (Lipinski definition) is 4. The van der Waals surface area contributed by atoms with Crippen molar-refractivity contribution >= 4 is 0 Å². The van der Waals surface area contributed by atoms with E-state index in [0.29, 0.717) is 26.2 Å². The second-order valence-corrected chi connectivity index (χ2v) is 7.06. The summed E-state index contributed by atoms with van der Waals surface area (Å²) in [6.07, 6.45) is 11.7. The predicted molar refractivity (Wildman–Crippen MR) is 108 cm³/mol. The fourth-order valence-electron chi connectivity index (χ4n) is 4.01. The molecule has 154 valence electrons. The van der Waals surface area contributed by atoms with Gasteiger partial charge in [0.15, 0.2) is 0 Å². The molecule has 0 aliphatic heterocycles. The first kappa shape index (κ1) is 25.4. The lowest BCUT2D eigenvalue weighted by molar-refractivity contribution is -0.431. The van der Waals surface area contributed by atoms with Crippen LogP contribution in [0.2, 0.25) is 0 Å². The maximum Gasteiger partial charge on any atom is 0.288 e. The van der Waals surface area contributed by atoms with Crippen molar-refractivity contribution in [2.24, 2.45) is 5.41 Å². The number of nitriles is 1. The van der Waals surface area contributed by atoms with Gasteiger partial charge in [0.2, 0.25) is 0 Å². The molecule has 0 heterocycles. The van der Waals surface area contributed by atoms with Gasteiger partial charge in [-0.25, -0.2) is 0 Å². The van der Waals surface area contributed by atoms with Crippen LogP contribution in [0.5, 0.6) is 0 Å². The first-order chi connectivity index (χ1) is 12.6. The van der Waals surface area contributed by atoms with Gasteiger partial charge in [0.1, 0.15) is 0 Å². The van der Waals surface area contributed by atoms with Gasteiger partial charge >= 0.3 is 0 Å². The van der Waals surface area contributed by atoms with Crippen molar-refractivity contribution in [3.8, 4) is 6.07 Å². The van der Waals surface area contributed by atoms with Gasteiger partial charge in [-0.1, -0.05) is 58.8 Å². The third-order valence-electron chi connectivity index (χ3n) is 5.11. The van der Waals surface area contributed by atoms with Crippen LogP contribution in [0.3, 0.4) is 0 Å². The Morgan fingerprint density at radius 2 is 1.19 bits per heavy atom. The van der Waals surface area contributed by atoms with Crippen LogP contribution in [-0.2, 0) is 14.2 Å². The van der Waals surface area contributed by atoms with Crippen LogP contribution in [0.25, 0.3) is 0 Å². The molecule has 0 aliphatic rings. The van der Waals surface area contributed by atoms with Gasteiger partial charge < -0.3 is 14.2 Å². The second kappa shape index (κ2) is 15.4. The van der Waals surface area contributed by atoms with Crippen molar-refractivity contribution in [3.63, 3.8) is 0 Å². The molecule has 0 saturated carbocycles. The summed E-state index contributed by atoms with van der Waals surface area (Å²) in [5.74, 6) is -1.04. The zero-order valence-electron chi connectivity index (χ0n) is 18.1. The number of ether oxygens (including phenoxy) is 3. The van der Waals surface area contributed by atoms with Gasteiger partial charge in [-0.05, 0) is 40.0 Å². The molecular formula is C22H43NO3. The third kappa shape index (κ3) is 7.94. The summed E-state index contributed by atoms with van der Waals surface area (Å²) in [4.78, 5) is 0. The minimum atomic E-state index is -1.04. The first-order valence-corrected chi connectivity index (χ1v) is 10.9. The Bertz CT molecular complexity index is 350. The Hall–Kier alpha value is -0.630. The van der Waals surface area contributed by atoms with Gasteiger partial charge in [0, 0.05) is 26.2 Å². The molecule has 0 radical (unpaired) electrons. The topological polar surface area (TPSA) is 51.5 Å². The van der Waals surface area contributed by atoms with E-state index < -0.39 is 5.97 Å². The summed E-state index contributed by atoms with van der Waals surface area (Å²) in [7, 11) is 0. The highest BCUT2D eigenvalue weighted by Gasteiger charge is 2.53. The lowest BCUT2D eigenvalue weighted by Gasteiger charge is -2.48. The minimum Gasteiger partial charge on any atom is -0.327 e. The average Bonchev–Trinajstić information content (AvgIpc) is 2.63. The number of hydrogen-bond donors (Lipinski definition) is 0. The highest BCUT2D eigenvalue weighted by Crippen LogP contribution is 2.49. The van der Waals surface area contributed by atoms with Crippen LogP contribution in [-0.4, -0.2) is 25.8 Å². The fraction of sp³-hybridized carbons (Fsp3) is 0.955. The molecule has 0 aromatic rings. The molecule has 0 aromatic heterocycles. The maximum absolute atomic E-state index is 9.25. The summed E-state index contributed by atoms with van der Waals surface area (Å²) < 4.78 is 18.5. The second-order valence-electron chi connectivity index (χ2n) is 7.06. The quantitative estimate of drug-likeness (QED) is 0.202. The largest absolute Gasteiger partial charge is 0.327 e. The van der Waals surface area contributed by atoms with Crippen molar-refractivity contribution in [2.45, 2.75) is 111 Å². The Morgan fingerprint density at radius 3 is 1.65 bits per heavy atom. The van der Waals surface area contributed by atoms with Crippen LogP contribution in [0.1, 0.15) is 105 Å². The highest BCUT2D eigenvalue weighted by molar-refractivity contribution is 4.92. The number of nitrogens with zero attached hydrogens (tertiary/aromatic N) is 1. The molecule has 4 heteroatoms. The molecule has 0 bridgehead atoms. The molecule has 0 saturated heterocycles. The average molecular weight is 370 g/mol. The summed E-state index contributed by atoms with van der Waals surface area (Å²) in [6, 6.07) is 2.33. The van der Waals surface area contributed by atoms with Crippen LogP contribution in [0.4, 0.5) is 0 Å². The highest BCUT2D eigenvalue weighted by atomic mass is 16.9. The monoisotopic (exact) mass is 369 g/mol. The van der Waals surface area contributed by atoms with E-state index in [0.717, 1.165) is 32.1 Å². The molecule has 0 N–H and O–H groups in total. The predicted octanol–water partition coefficient (Wildman–Crippen LogP) is 6.59. The van der Waals surface area contributed by atoms with E-state index in [2.05, 4.69) is 19.9 Å². The van der Waals surface area contributed by atoms with E-state index >= 15 is 0 Å². The third-order valence-corrected chi connectivity index (χ3v) is 5.11. The van der Waals surface area contributed by atoms with Crippen molar-refractivity contribution in [1.29, 1.82) is 5.26 Å².